The monoisotopic (exact) mass is 261 g/mol. The largest absolute Gasteiger partial charge is 0.459 e. The van der Waals surface area contributed by atoms with Crippen LogP contribution in [0.2, 0.25) is 0 Å². The van der Waals surface area contributed by atoms with Gasteiger partial charge >= 0.3 is 0 Å². The SMILES string of the molecule is O=C(NC(CO)CO)c1occc1-c1ccccc1. The van der Waals surface area contributed by atoms with Crippen LogP contribution in [-0.2, 0) is 0 Å². The Morgan fingerprint density at radius 2 is 1.84 bits per heavy atom. The summed E-state index contributed by atoms with van der Waals surface area (Å²) >= 11 is 0. The molecule has 5 nitrogen and oxygen atoms in total. The fourth-order valence-electron chi connectivity index (χ4n) is 1.73. The predicted octanol–water partition coefficient (Wildman–Crippen LogP) is 1.03. The lowest BCUT2D eigenvalue weighted by Gasteiger charge is -2.12. The highest BCUT2D eigenvalue weighted by Crippen LogP contribution is 2.24. The quantitative estimate of drug-likeness (QED) is 0.750. The molecule has 0 saturated heterocycles. The fraction of sp³-hybridized carbons (Fsp3) is 0.214. The van der Waals surface area contributed by atoms with Crippen molar-refractivity contribution in [1.29, 1.82) is 0 Å². The Hall–Kier alpha value is -2.11. The van der Waals surface area contributed by atoms with Crippen molar-refractivity contribution in [2.24, 2.45) is 0 Å². The van der Waals surface area contributed by atoms with E-state index < -0.39 is 11.9 Å². The van der Waals surface area contributed by atoms with E-state index in [1.807, 2.05) is 30.3 Å². The average Bonchev–Trinajstić information content (AvgIpc) is 2.95. The lowest BCUT2D eigenvalue weighted by molar-refractivity contribution is 0.0853. The van der Waals surface area contributed by atoms with Crippen molar-refractivity contribution in [3.63, 3.8) is 0 Å². The number of carbonyl (C=O) groups excluding carboxylic acids is 1. The molecule has 1 aromatic heterocycles. The molecule has 0 aliphatic carbocycles. The summed E-state index contributed by atoms with van der Waals surface area (Å²) in [6.07, 6.45) is 1.43. The zero-order valence-corrected chi connectivity index (χ0v) is 10.2. The summed E-state index contributed by atoms with van der Waals surface area (Å²) in [5.41, 5.74) is 1.54. The number of hydrogen-bond acceptors (Lipinski definition) is 4. The van der Waals surface area contributed by atoms with Gasteiger partial charge in [-0.05, 0) is 11.6 Å². The summed E-state index contributed by atoms with van der Waals surface area (Å²) in [4.78, 5) is 12.0. The number of hydrogen-bond donors (Lipinski definition) is 3. The van der Waals surface area contributed by atoms with Crippen LogP contribution >= 0.6 is 0 Å². The zero-order chi connectivity index (χ0) is 13.7. The van der Waals surface area contributed by atoms with Gasteiger partial charge in [-0.15, -0.1) is 0 Å². The van der Waals surface area contributed by atoms with E-state index in [0.29, 0.717) is 5.56 Å². The Balaban J connectivity index is 2.23. The third-order valence-corrected chi connectivity index (χ3v) is 2.73. The summed E-state index contributed by atoms with van der Waals surface area (Å²) in [7, 11) is 0. The maximum atomic E-state index is 12.0. The van der Waals surface area contributed by atoms with Crippen LogP contribution in [0, 0.1) is 0 Å². The van der Waals surface area contributed by atoms with E-state index in [1.54, 1.807) is 6.07 Å². The number of benzene rings is 1. The molecule has 0 aliphatic heterocycles. The van der Waals surface area contributed by atoms with Gasteiger partial charge in [-0.3, -0.25) is 4.79 Å². The van der Waals surface area contributed by atoms with Gasteiger partial charge in [0.1, 0.15) is 0 Å². The summed E-state index contributed by atoms with van der Waals surface area (Å²) in [5.74, 6) is -0.296. The molecule has 1 aromatic carbocycles. The first-order valence-electron chi connectivity index (χ1n) is 5.91. The first kappa shape index (κ1) is 13.3. The Bertz CT molecular complexity index is 531. The molecule has 2 aromatic rings. The van der Waals surface area contributed by atoms with Gasteiger partial charge < -0.3 is 19.9 Å². The van der Waals surface area contributed by atoms with Crippen LogP contribution in [0.1, 0.15) is 10.6 Å². The van der Waals surface area contributed by atoms with E-state index in [4.69, 9.17) is 14.6 Å². The van der Waals surface area contributed by atoms with E-state index in [-0.39, 0.29) is 19.0 Å². The molecule has 0 unspecified atom stereocenters. The van der Waals surface area contributed by atoms with E-state index >= 15 is 0 Å². The first-order valence-corrected chi connectivity index (χ1v) is 5.91. The molecule has 2 rings (SSSR count). The second-order valence-corrected chi connectivity index (χ2v) is 4.06. The molecule has 0 spiro atoms. The second kappa shape index (κ2) is 6.17. The number of aliphatic hydroxyl groups excluding tert-OH is 2. The van der Waals surface area contributed by atoms with Gasteiger partial charge in [0.2, 0.25) is 0 Å². The molecule has 5 heteroatoms. The number of furan rings is 1. The minimum atomic E-state index is -0.693. The Labute approximate surface area is 110 Å². The molecule has 1 amide bonds. The number of carbonyl (C=O) groups is 1. The number of amides is 1. The number of nitrogens with one attached hydrogen (secondary N) is 1. The van der Waals surface area contributed by atoms with Gasteiger partial charge in [0.15, 0.2) is 5.76 Å². The Morgan fingerprint density at radius 3 is 2.47 bits per heavy atom. The van der Waals surface area contributed by atoms with Gasteiger partial charge in [0, 0.05) is 5.56 Å². The Morgan fingerprint density at radius 1 is 1.16 bits per heavy atom. The van der Waals surface area contributed by atoms with Crippen molar-refractivity contribution in [2.75, 3.05) is 13.2 Å². The lowest BCUT2D eigenvalue weighted by atomic mass is 10.1. The maximum Gasteiger partial charge on any atom is 0.288 e. The highest BCUT2D eigenvalue weighted by Gasteiger charge is 2.19. The minimum Gasteiger partial charge on any atom is -0.459 e. The van der Waals surface area contributed by atoms with Crippen LogP contribution in [0.3, 0.4) is 0 Å². The van der Waals surface area contributed by atoms with Gasteiger partial charge in [-0.1, -0.05) is 30.3 Å². The van der Waals surface area contributed by atoms with Crippen LogP contribution in [0.25, 0.3) is 11.1 Å². The topological polar surface area (TPSA) is 82.7 Å². The predicted molar refractivity (Wildman–Crippen MR) is 69.6 cm³/mol. The fourth-order valence-corrected chi connectivity index (χ4v) is 1.73. The molecule has 0 fully saturated rings. The molecular weight excluding hydrogens is 246 g/mol. The van der Waals surface area contributed by atoms with Crippen molar-refractivity contribution in [3.8, 4) is 11.1 Å². The lowest BCUT2D eigenvalue weighted by Crippen LogP contribution is -2.40. The molecule has 0 radical (unpaired) electrons. The van der Waals surface area contributed by atoms with Crippen LogP contribution in [0.15, 0.2) is 47.1 Å². The molecular formula is C14H15NO4. The highest BCUT2D eigenvalue weighted by molar-refractivity contribution is 5.98. The summed E-state index contributed by atoms with van der Waals surface area (Å²) in [6, 6.07) is 10.4. The van der Waals surface area contributed by atoms with Crippen molar-refractivity contribution in [3.05, 3.63) is 48.4 Å². The number of aliphatic hydroxyl groups is 2. The highest BCUT2D eigenvalue weighted by atomic mass is 16.3. The Kier molecular flexibility index (Phi) is 4.33. The van der Waals surface area contributed by atoms with E-state index in [2.05, 4.69) is 5.32 Å². The standard InChI is InChI=1S/C14H15NO4/c16-8-11(9-17)15-14(18)13-12(6-7-19-13)10-4-2-1-3-5-10/h1-7,11,16-17H,8-9H2,(H,15,18). The van der Waals surface area contributed by atoms with Gasteiger partial charge in [0.05, 0.1) is 25.5 Å². The summed E-state index contributed by atoms with van der Waals surface area (Å²) < 4.78 is 5.20. The molecule has 3 N–H and O–H groups in total. The summed E-state index contributed by atoms with van der Waals surface area (Å²) in [5, 5.41) is 20.4. The molecule has 19 heavy (non-hydrogen) atoms. The number of rotatable bonds is 5. The van der Waals surface area contributed by atoms with Crippen molar-refractivity contribution < 1.29 is 19.4 Å². The first-order chi connectivity index (χ1) is 9.26. The van der Waals surface area contributed by atoms with Crippen LogP contribution < -0.4 is 5.32 Å². The molecule has 1 heterocycles. The molecule has 0 bridgehead atoms. The van der Waals surface area contributed by atoms with E-state index in [0.717, 1.165) is 5.56 Å². The molecule has 100 valence electrons. The maximum absolute atomic E-state index is 12.0. The van der Waals surface area contributed by atoms with Crippen molar-refractivity contribution in [1.82, 2.24) is 5.32 Å². The van der Waals surface area contributed by atoms with E-state index in [9.17, 15) is 4.79 Å². The van der Waals surface area contributed by atoms with Crippen LogP contribution in [0.5, 0.6) is 0 Å². The van der Waals surface area contributed by atoms with Crippen LogP contribution in [-0.4, -0.2) is 35.4 Å². The summed E-state index contributed by atoms with van der Waals surface area (Å²) in [6.45, 7) is -0.659. The normalized spacial score (nSPS) is 10.7. The van der Waals surface area contributed by atoms with Gasteiger partial charge in [0.25, 0.3) is 5.91 Å². The van der Waals surface area contributed by atoms with Crippen LogP contribution in [0.4, 0.5) is 0 Å². The van der Waals surface area contributed by atoms with Crippen molar-refractivity contribution >= 4 is 5.91 Å². The minimum absolute atomic E-state index is 0.165. The molecule has 0 atom stereocenters. The molecule has 0 saturated carbocycles. The molecule has 0 aliphatic rings. The van der Waals surface area contributed by atoms with Crippen molar-refractivity contribution in [2.45, 2.75) is 6.04 Å². The smallest absolute Gasteiger partial charge is 0.288 e. The second-order valence-electron chi connectivity index (χ2n) is 4.06. The third-order valence-electron chi connectivity index (χ3n) is 2.73. The van der Waals surface area contributed by atoms with E-state index in [1.165, 1.54) is 6.26 Å². The van der Waals surface area contributed by atoms with Gasteiger partial charge in [-0.25, -0.2) is 0 Å². The zero-order valence-electron chi connectivity index (χ0n) is 10.2. The average molecular weight is 261 g/mol. The van der Waals surface area contributed by atoms with Gasteiger partial charge in [-0.2, -0.15) is 0 Å². The third kappa shape index (κ3) is 3.01.